The molecule has 1 aliphatic heterocycles. The molecule has 176 valence electrons. The van der Waals surface area contributed by atoms with E-state index in [0.717, 1.165) is 37.9 Å². The van der Waals surface area contributed by atoms with Crippen LogP contribution < -0.4 is 5.32 Å². The van der Waals surface area contributed by atoms with E-state index in [0.29, 0.717) is 34.7 Å². The molecule has 0 aliphatic carbocycles. The predicted molar refractivity (Wildman–Crippen MR) is 128 cm³/mol. The van der Waals surface area contributed by atoms with Gasteiger partial charge in [-0.25, -0.2) is 0 Å². The number of aromatic nitrogens is 2. The van der Waals surface area contributed by atoms with Gasteiger partial charge in [0.15, 0.2) is 0 Å². The third-order valence-corrected chi connectivity index (χ3v) is 6.12. The highest BCUT2D eigenvalue weighted by molar-refractivity contribution is 6.09. The van der Waals surface area contributed by atoms with Crippen LogP contribution in [0.1, 0.15) is 56.9 Å². The summed E-state index contributed by atoms with van der Waals surface area (Å²) in [6.45, 7) is 5.11. The van der Waals surface area contributed by atoms with E-state index in [1.165, 1.54) is 0 Å². The highest BCUT2D eigenvalue weighted by atomic mass is 16.6. The van der Waals surface area contributed by atoms with E-state index >= 15 is 0 Å². The third-order valence-electron chi connectivity index (χ3n) is 6.12. The van der Waals surface area contributed by atoms with Gasteiger partial charge in [0.2, 0.25) is 0 Å². The summed E-state index contributed by atoms with van der Waals surface area (Å²) in [4.78, 5) is 38.5. The second-order valence-electron chi connectivity index (χ2n) is 8.48. The number of carbonyl (C=O) groups is 2. The van der Waals surface area contributed by atoms with Gasteiger partial charge in [-0.1, -0.05) is 24.3 Å². The molecule has 1 fully saturated rings. The number of para-hydroxylation sites is 1. The maximum atomic E-state index is 13.0. The molecule has 1 aliphatic rings. The summed E-state index contributed by atoms with van der Waals surface area (Å²) < 4.78 is 1.59. The Kier molecular flexibility index (Phi) is 6.72. The number of hydrogen-bond acceptors (Lipinski definition) is 5. The van der Waals surface area contributed by atoms with Crippen molar-refractivity contribution < 1.29 is 14.5 Å². The quantitative estimate of drug-likeness (QED) is 0.434. The van der Waals surface area contributed by atoms with Gasteiger partial charge in [0.05, 0.1) is 22.7 Å². The fraction of sp³-hybridized carbons (Fsp3) is 0.320. The van der Waals surface area contributed by atoms with Crippen molar-refractivity contribution in [3.63, 3.8) is 0 Å². The lowest BCUT2D eigenvalue weighted by Crippen LogP contribution is -2.36. The minimum Gasteiger partial charge on any atom is -0.339 e. The number of aryl methyl sites for hydroxylation is 1. The number of nitro groups is 1. The van der Waals surface area contributed by atoms with E-state index in [9.17, 15) is 19.7 Å². The standard InChI is InChI=1S/C25H27N5O4/c1-17-23(30(33)34)18(2)29(27-17)16-19-10-12-20(13-11-19)24(31)26-22-9-5-4-8-21(22)25(32)28-14-6-3-7-15-28/h4-5,8-13H,3,6-7,14-16H2,1-2H3,(H,26,31). The van der Waals surface area contributed by atoms with Crippen molar-refractivity contribution in [3.05, 3.63) is 86.7 Å². The summed E-state index contributed by atoms with van der Waals surface area (Å²) in [6.07, 6.45) is 3.13. The SMILES string of the molecule is Cc1nn(Cc2ccc(C(=O)Nc3ccccc3C(=O)N3CCCCC3)cc2)c(C)c1[N+](=O)[O-]. The van der Waals surface area contributed by atoms with E-state index < -0.39 is 4.92 Å². The number of likely N-dealkylation sites (tertiary alicyclic amines) is 1. The first-order valence-corrected chi connectivity index (χ1v) is 11.3. The minimum atomic E-state index is -0.421. The normalized spacial score (nSPS) is 13.5. The second-order valence-corrected chi connectivity index (χ2v) is 8.48. The van der Waals surface area contributed by atoms with E-state index in [-0.39, 0.29) is 17.5 Å². The van der Waals surface area contributed by atoms with Crippen LogP contribution in [0.2, 0.25) is 0 Å². The summed E-state index contributed by atoms with van der Waals surface area (Å²) >= 11 is 0. The summed E-state index contributed by atoms with van der Waals surface area (Å²) in [5, 5.41) is 18.4. The average molecular weight is 462 g/mol. The molecule has 2 amide bonds. The maximum Gasteiger partial charge on any atom is 0.312 e. The Hall–Kier alpha value is -4.01. The van der Waals surface area contributed by atoms with Gasteiger partial charge in [0.25, 0.3) is 11.8 Å². The van der Waals surface area contributed by atoms with Crippen molar-refractivity contribution in [1.82, 2.24) is 14.7 Å². The van der Waals surface area contributed by atoms with E-state index in [4.69, 9.17) is 0 Å². The third kappa shape index (κ3) is 4.83. The van der Waals surface area contributed by atoms with Crippen LogP contribution in [-0.4, -0.2) is 44.5 Å². The zero-order valence-electron chi connectivity index (χ0n) is 19.3. The molecule has 4 rings (SSSR count). The Balaban J connectivity index is 1.47. The van der Waals surface area contributed by atoms with E-state index in [2.05, 4.69) is 10.4 Å². The number of hydrogen-bond donors (Lipinski definition) is 1. The van der Waals surface area contributed by atoms with Crippen molar-refractivity contribution >= 4 is 23.2 Å². The van der Waals surface area contributed by atoms with Gasteiger partial charge in [-0.2, -0.15) is 5.10 Å². The molecule has 0 atom stereocenters. The highest BCUT2D eigenvalue weighted by Gasteiger charge is 2.23. The van der Waals surface area contributed by atoms with Gasteiger partial charge in [-0.3, -0.25) is 24.4 Å². The summed E-state index contributed by atoms with van der Waals surface area (Å²) in [5.41, 5.74) is 3.16. The van der Waals surface area contributed by atoms with Crippen LogP contribution in [0.25, 0.3) is 0 Å². The molecule has 2 aromatic carbocycles. The molecular formula is C25H27N5O4. The first-order chi connectivity index (χ1) is 16.3. The average Bonchev–Trinajstić information content (AvgIpc) is 3.12. The highest BCUT2D eigenvalue weighted by Crippen LogP contribution is 2.23. The Labute approximate surface area is 197 Å². The van der Waals surface area contributed by atoms with Crippen molar-refractivity contribution in [2.45, 2.75) is 39.7 Å². The zero-order valence-corrected chi connectivity index (χ0v) is 19.3. The molecule has 9 heteroatoms. The van der Waals surface area contributed by atoms with Crippen LogP contribution in [0.15, 0.2) is 48.5 Å². The number of piperidine rings is 1. The number of rotatable bonds is 6. The lowest BCUT2D eigenvalue weighted by Gasteiger charge is -2.27. The lowest BCUT2D eigenvalue weighted by atomic mass is 10.1. The fourth-order valence-corrected chi connectivity index (χ4v) is 4.28. The van der Waals surface area contributed by atoms with Crippen molar-refractivity contribution in [1.29, 1.82) is 0 Å². The molecule has 1 saturated heterocycles. The molecule has 3 aromatic rings. The van der Waals surface area contributed by atoms with Gasteiger partial charge in [-0.15, -0.1) is 0 Å². The van der Waals surface area contributed by atoms with Crippen LogP contribution in [0, 0.1) is 24.0 Å². The number of nitrogens with zero attached hydrogens (tertiary/aromatic N) is 4. The van der Waals surface area contributed by atoms with Crippen LogP contribution in [0.4, 0.5) is 11.4 Å². The topological polar surface area (TPSA) is 110 Å². The molecular weight excluding hydrogens is 434 g/mol. The van der Waals surface area contributed by atoms with Gasteiger partial charge in [0.1, 0.15) is 11.4 Å². The number of anilines is 1. The molecule has 0 unspecified atom stereocenters. The number of amides is 2. The largest absolute Gasteiger partial charge is 0.339 e. The molecule has 1 aromatic heterocycles. The fourth-order valence-electron chi connectivity index (χ4n) is 4.28. The Morgan fingerprint density at radius 2 is 1.71 bits per heavy atom. The lowest BCUT2D eigenvalue weighted by molar-refractivity contribution is -0.386. The molecule has 9 nitrogen and oxygen atoms in total. The smallest absolute Gasteiger partial charge is 0.312 e. The van der Waals surface area contributed by atoms with E-state index in [1.54, 1.807) is 67.1 Å². The molecule has 0 bridgehead atoms. The maximum absolute atomic E-state index is 13.0. The Bertz CT molecular complexity index is 1230. The molecule has 2 heterocycles. The van der Waals surface area contributed by atoms with Crippen LogP contribution in [-0.2, 0) is 6.54 Å². The second kappa shape index (κ2) is 9.86. The van der Waals surface area contributed by atoms with E-state index in [1.807, 2.05) is 4.90 Å². The molecule has 0 saturated carbocycles. The van der Waals surface area contributed by atoms with Crippen LogP contribution in [0.3, 0.4) is 0 Å². The Morgan fingerprint density at radius 3 is 2.35 bits per heavy atom. The number of carbonyl (C=O) groups excluding carboxylic acids is 2. The first-order valence-electron chi connectivity index (χ1n) is 11.3. The van der Waals surface area contributed by atoms with Gasteiger partial charge < -0.3 is 10.2 Å². The first kappa shape index (κ1) is 23.2. The molecule has 1 N–H and O–H groups in total. The van der Waals surface area contributed by atoms with Gasteiger partial charge in [0, 0.05) is 18.7 Å². The molecule has 0 spiro atoms. The van der Waals surface area contributed by atoms with Crippen molar-refractivity contribution in [3.8, 4) is 0 Å². The molecule has 0 radical (unpaired) electrons. The van der Waals surface area contributed by atoms with Crippen LogP contribution >= 0.6 is 0 Å². The zero-order chi connectivity index (χ0) is 24.2. The number of nitrogens with one attached hydrogen (secondary N) is 1. The summed E-state index contributed by atoms with van der Waals surface area (Å²) in [7, 11) is 0. The molecule has 34 heavy (non-hydrogen) atoms. The van der Waals surface area contributed by atoms with Gasteiger partial charge in [-0.05, 0) is 62.9 Å². The Morgan fingerprint density at radius 1 is 1.03 bits per heavy atom. The van der Waals surface area contributed by atoms with Gasteiger partial charge >= 0.3 is 5.69 Å². The van der Waals surface area contributed by atoms with Crippen molar-refractivity contribution in [2.75, 3.05) is 18.4 Å². The van der Waals surface area contributed by atoms with Crippen molar-refractivity contribution in [2.24, 2.45) is 0 Å². The summed E-state index contributed by atoms with van der Waals surface area (Å²) in [6, 6.07) is 14.0. The summed E-state index contributed by atoms with van der Waals surface area (Å²) in [5.74, 6) is -0.378. The van der Waals surface area contributed by atoms with Crippen LogP contribution in [0.5, 0.6) is 0 Å². The predicted octanol–water partition coefficient (Wildman–Crippen LogP) is 4.33. The number of benzene rings is 2. The minimum absolute atomic E-state index is 0.0220. The monoisotopic (exact) mass is 461 g/mol.